The molecule has 3 N–H and O–H groups in total. The first-order chi connectivity index (χ1) is 7.56. The highest BCUT2D eigenvalue weighted by atomic mass is 16.1. The number of hydrogen-bond donors (Lipinski definition) is 3. The molecule has 0 fully saturated rings. The van der Waals surface area contributed by atoms with Crippen molar-refractivity contribution in [3.05, 3.63) is 11.4 Å². The van der Waals surface area contributed by atoms with E-state index in [2.05, 4.69) is 20.8 Å². The monoisotopic (exact) mass is 226 g/mol. The predicted octanol–water partition coefficient (Wildman–Crippen LogP) is 1.92. The van der Waals surface area contributed by atoms with Crippen molar-refractivity contribution in [2.45, 2.75) is 40.7 Å². The van der Waals surface area contributed by atoms with Crippen LogP contribution >= 0.6 is 0 Å². The van der Waals surface area contributed by atoms with Gasteiger partial charge in [-0.05, 0) is 20.8 Å². The highest BCUT2D eigenvalue weighted by Crippen LogP contribution is 2.17. The molecule has 0 bridgehead atoms. The number of H-pyrrole nitrogens is 1. The molecule has 0 atom stereocenters. The number of rotatable bonds is 3. The number of aryl methyl sites for hydroxylation is 1. The molecule has 0 aliphatic heterocycles. The zero-order valence-corrected chi connectivity index (χ0v) is 10.9. The molecule has 0 radical (unpaired) electrons. The van der Waals surface area contributed by atoms with Crippen molar-refractivity contribution in [2.75, 3.05) is 12.4 Å². The van der Waals surface area contributed by atoms with E-state index in [-0.39, 0.29) is 11.9 Å². The average Bonchev–Trinajstić information content (AvgIpc) is 2.62. The number of hydrogen-bond acceptors (Lipinski definition) is 3. The van der Waals surface area contributed by atoms with E-state index >= 15 is 0 Å². The normalized spacial score (nSPS) is 9.44. The molecule has 1 rings (SSSR count). The maximum Gasteiger partial charge on any atom is 0.273 e. The zero-order valence-electron chi connectivity index (χ0n) is 10.9. The minimum Gasteiger partial charge on any atom is -0.379 e. The number of carbonyl (C=O) groups excluding carboxylic acids is 1. The van der Waals surface area contributed by atoms with Crippen molar-refractivity contribution in [1.29, 1.82) is 0 Å². The Bertz CT molecular complexity index is 331. The average molecular weight is 226 g/mol. The summed E-state index contributed by atoms with van der Waals surface area (Å²) in [5.41, 5.74) is 2.07. The van der Waals surface area contributed by atoms with Crippen LogP contribution < -0.4 is 10.6 Å². The van der Waals surface area contributed by atoms with Crippen LogP contribution in [0, 0.1) is 6.92 Å². The lowest BCUT2D eigenvalue weighted by molar-refractivity contribution is 0.0959. The van der Waals surface area contributed by atoms with Gasteiger partial charge in [0.05, 0.1) is 11.4 Å². The number of nitrogens with zero attached hydrogens (tertiary/aromatic N) is 1. The lowest BCUT2D eigenvalue weighted by atomic mass is 10.2. The summed E-state index contributed by atoms with van der Waals surface area (Å²) in [7, 11) is 1.59. The Hall–Kier alpha value is -1.52. The first kappa shape index (κ1) is 14.5. The third-order valence-electron chi connectivity index (χ3n) is 1.82. The highest BCUT2D eigenvalue weighted by molar-refractivity contribution is 5.98. The van der Waals surface area contributed by atoms with Crippen LogP contribution in [0.1, 0.15) is 43.9 Å². The van der Waals surface area contributed by atoms with Gasteiger partial charge in [-0.3, -0.25) is 9.89 Å². The van der Waals surface area contributed by atoms with Crippen LogP contribution in [0.2, 0.25) is 0 Å². The predicted molar refractivity (Wildman–Crippen MR) is 66.8 cm³/mol. The van der Waals surface area contributed by atoms with E-state index in [9.17, 15) is 4.79 Å². The van der Waals surface area contributed by atoms with Crippen molar-refractivity contribution in [3.8, 4) is 0 Å². The summed E-state index contributed by atoms with van der Waals surface area (Å²) >= 11 is 0. The SMILES string of the molecule is CC.CNC(=O)c1n[nH]c(C)c1NC(C)C. The van der Waals surface area contributed by atoms with Gasteiger partial charge in [0, 0.05) is 13.1 Å². The number of nitrogens with one attached hydrogen (secondary N) is 3. The largest absolute Gasteiger partial charge is 0.379 e. The summed E-state index contributed by atoms with van der Waals surface area (Å²) in [6.07, 6.45) is 0. The van der Waals surface area contributed by atoms with Gasteiger partial charge in [-0.25, -0.2) is 0 Å². The molecular weight excluding hydrogens is 204 g/mol. The Kier molecular flexibility index (Phi) is 6.22. The molecule has 0 aliphatic carbocycles. The van der Waals surface area contributed by atoms with Crippen LogP contribution in [0.5, 0.6) is 0 Å². The second-order valence-corrected chi connectivity index (χ2v) is 3.45. The maximum absolute atomic E-state index is 11.4. The Morgan fingerprint density at radius 1 is 1.38 bits per heavy atom. The fraction of sp³-hybridized carbons (Fsp3) is 0.636. The molecule has 5 heteroatoms. The number of amides is 1. The van der Waals surface area contributed by atoms with E-state index in [0.29, 0.717) is 5.69 Å². The van der Waals surface area contributed by atoms with Gasteiger partial charge in [0.1, 0.15) is 0 Å². The molecule has 0 aliphatic rings. The first-order valence-corrected chi connectivity index (χ1v) is 5.59. The van der Waals surface area contributed by atoms with Gasteiger partial charge in [-0.2, -0.15) is 5.10 Å². The molecule has 5 nitrogen and oxygen atoms in total. The topological polar surface area (TPSA) is 69.8 Å². The van der Waals surface area contributed by atoms with Crippen LogP contribution in [-0.4, -0.2) is 29.2 Å². The fourth-order valence-corrected chi connectivity index (χ4v) is 1.18. The van der Waals surface area contributed by atoms with Crippen molar-refractivity contribution in [1.82, 2.24) is 15.5 Å². The van der Waals surface area contributed by atoms with Gasteiger partial charge in [-0.1, -0.05) is 13.8 Å². The molecule has 1 amide bonds. The van der Waals surface area contributed by atoms with Gasteiger partial charge in [0.25, 0.3) is 5.91 Å². The van der Waals surface area contributed by atoms with Crippen molar-refractivity contribution in [3.63, 3.8) is 0 Å². The summed E-state index contributed by atoms with van der Waals surface area (Å²) in [5, 5.41) is 12.5. The molecule has 0 saturated carbocycles. The lowest BCUT2D eigenvalue weighted by Crippen LogP contribution is -2.21. The Labute approximate surface area is 97.0 Å². The Balaban J connectivity index is 0.00000106. The van der Waals surface area contributed by atoms with E-state index in [1.165, 1.54) is 0 Å². The van der Waals surface area contributed by atoms with E-state index in [4.69, 9.17) is 0 Å². The van der Waals surface area contributed by atoms with E-state index in [0.717, 1.165) is 11.4 Å². The summed E-state index contributed by atoms with van der Waals surface area (Å²) in [4.78, 5) is 11.4. The zero-order chi connectivity index (χ0) is 12.7. The minimum atomic E-state index is -0.183. The van der Waals surface area contributed by atoms with Gasteiger partial charge in [0.15, 0.2) is 5.69 Å². The van der Waals surface area contributed by atoms with Gasteiger partial charge < -0.3 is 10.6 Å². The lowest BCUT2D eigenvalue weighted by Gasteiger charge is -2.10. The summed E-state index contributed by atoms with van der Waals surface area (Å²) < 4.78 is 0. The molecule has 0 aromatic carbocycles. The molecule has 1 aromatic rings. The second kappa shape index (κ2) is 6.87. The van der Waals surface area contributed by atoms with Crippen LogP contribution in [0.15, 0.2) is 0 Å². The Morgan fingerprint density at radius 3 is 2.38 bits per heavy atom. The fourth-order valence-electron chi connectivity index (χ4n) is 1.18. The molecular formula is C11H22N4O. The number of aromatic amines is 1. The van der Waals surface area contributed by atoms with Crippen LogP contribution in [-0.2, 0) is 0 Å². The quantitative estimate of drug-likeness (QED) is 0.737. The van der Waals surface area contributed by atoms with Gasteiger partial charge in [0.2, 0.25) is 0 Å². The molecule has 0 spiro atoms. The Morgan fingerprint density at radius 2 is 1.94 bits per heavy atom. The third-order valence-corrected chi connectivity index (χ3v) is 1.82. The van der Waals surface area contributed by atoms with Crippen LogP contribution in [0.3, 0.4) is 0 Å². The van der Waals surface area contributed by atoms with Crippen LogP contribution in [0.25, 0.3) is 0 Å². The van der Waals surface area contributed by atoms with E-state index < -0.39 is 0 Å². The van der Waals surface area contributed by atoms with Gasteiger partial charge >= 0.3 is 0 Å². The summed E-state index contributed by atoms with van der Waals surface area (Å²) in [6.45, 7) is 9.91. The highest BCUT2D eigenvalue weighted by Gasteiger charge is 2.16. The van der Waals surface area contributed by atoms with Gasteiger partial charge in [-0.15, -0.1) is 0 Å². The van der Waals surface area contributed by atoms with E-state index in [1.807, 2.05) is 34.6 Å². The van der Waals surface area contributed by atoms with Crippen molar-refractivity contribution < 1.29 is 4.79 Å². The standard InChI is InChI=1S/C9H16N4O.C2H6/c1-5(2)11-7-6(3)12-13-8(7)9(14)10-4;1-2/h5,11H,1-4H3,(H,10,14)(H,12,13);1-2H3. The number of aromatic nitrogens is 2. The molecule has 92 valence electrons. The molecule has 0 saturated heterocycles. The maximum atomic E-state index is 11.4. The first-order valence-electron chi connectivity index (χ1n) is 5.59. The number of anilines is 1. The smallest absolute Gasteiger partial charge is 0.273 e. The van der Waals surface area contributed by atoms with E-state index in [1.54, 1.807) is 7.05 Å². The minimum absolute atomic E-state index is 0.183. The van der Waals surface area contributed by atoms with Crippen molar-refractivity contribution in [2.24, 2.45) is 0 Å². The summed E-state index contributed by atoms with van der Waals surface area (Å²) in [6, 6.07) is 0.273. The molecule has 0 unspecified atom stereocenters. The number of carbonyl (C=O) groups is 1. The molecule has 16 heavy (non-hydrogen) atoms. The third kappa shape index (κ3) is 3.56. The molecule has 1 aromatic heterocycles. The van der Waals surface area contributed by atoms with Crippen molar-refractivity contribution >= 4 is 11.6 Å². The second-order valence-electron chi connectivity index (χ2n) is 3.45. The van der Waals surface area contributed by atoms with Crippen LogP contribution in [0.4, 0.5) is 5.69 Å². The summed E-state index contributed by atoms with van der Waals surface area (Å²) in [5.74, 6) is -0.183. The molecule has 1 heterocycles.